The van der Waals surface area contributed by atoms with Crippen molar-refractivity contribution in [2.75, 3.05) is 26.2 Å². The van der Waals surface area contributed by atoms with Gasteiger partial charge in [0.2, 0.25) is 0 Å². The lowest BCUT2D eigenvalue weighted by Gasteiger charge is -2.32. The molecule has 1 aromatic heterocycles. The first kappa shape index (κ1) is 19.3. The molecule has 0 aromatic carbocycles. The number of nitrogens with one attached hydrogen (secondary N) is 2. The van der Waals surface area contributed by atoms with Gasteiger partial charge in [-0.15, -0.1) is 16.8 Å². The van der Waals surface area contributed by atoms with Gasteiger partial charge in [0.25, 0.3) is 6.43 Å². The highest BCUT2D eigenvalue weighted by Crippen LogP contribution is 2.12. The zero-order valence-electron chi connectivity index (χ0n) is 14.9. The summed E-state index contributed by atoms with van der Waals surface area (Å²) in [6.45, 7) is 7.78. The third-order valence-electron chi connectivity index (χ3n) is 4.30. The van der Waals surface area contributed by atoms with Gasteiger partial charge >= 0.3 is 0 Å². The molecule has 1 saturated heterocycles. The van der Waals surface area contributed by atoms with Crippen molar-refractivity contribution in [3.05, 3.63) is 24.3 Å². The van der Waals surface area contributed by atoms with Crippen molar-refractivity contribution >= 4 is 5.96 Å². The van der Waals surface area contributed by atoms with Crippen LogP contribution < -0.4 is 10.6 Å². The van der Waals surface area contributed by atoms with E-state index in [1.54, 1.807) is 11.0 Å². The summed E-state index contributed by atoms with van der Waals surface area (Å²) in [5.41, 5.74) is 0. The monoisotopic (exact) mass is 355 g/mol. The largest absolute Gasteiger partial charge is 0.354 e. The molecule has 0 amide bonds. The van der Waals surface area contributed by atoms with Crippen molar-refractivity contribution < 1.29 is 8.78 Å². The molecule has 25 heavy (non-hydrogen) atoms. The fraction of sp³-hybridized carbons (Fsp3) is 0.688. The Hall–Kier alpha value is -2.03. The van der Waals surface area contributed by atoms with Crippen molar-refractivity contribution in [3.8, 4) is 0 Å². The number of hydrogen-bond donors (Lipinski definition) is 2. The molecule has 0 bridgehead atoms. The molecule has 1 aromatic rings. The number of rotatable bonds is 7. The van der Waals surface area contributed by atoms with Crippen LogP contribution in [0.1, 0.15) is 24.5 Å². The van der Waals surface area contributed by atoms with Crippen LogP contribution >= 0.6 is 0 Å². The maximum absolute atomic E-state index is 12.5. The first-order chi connectivity index (χ1) is 12.0. The fourth-order valence-electron chi connectivity index (χ4n) is 2.71. The van der Waals surface area contributed by atoms with E-state index in [9.17, 15) is 8.78 Å². The van der Waals surface area contributed by atoms with E-state index in [1.807, 2.05) is 18.5 Å². The summed E-state index contributed by atoms with van der Waals surface area (Å²) in [4.78, 5) is 6.36. The van der Waals surface area contributed by atoms with Crippen LogP contribution in [0.2, 0.25) is 0 Å². The van der Waals surface area contributed by atoms with Crippen LogP contribution in [0, 0.1) is 6.92 Å². The van der Waals surface area contributed by atoms with E-state index in [1.165, 1.54) is 0 Å². The average molecular weight is 355 g/mol. The Bertz CT molecular complexity index is 577. The van der Waals surface area contributed by atoms with Gasteiger partial charge in [0.05, 0.1) is 6.54 Å². The second-order valence-electron chi connectivity index (χ2n) is 6.17. The Morgan fingerprint density at radius 3 is 2.68 bits per heavy atom. The first-order valence-electron chi connectivity index (χ1n) is 8.50. The van der Waals surface area contributed by atoms with Gasteiger partial charge in [0.15, 0.2) is 11.8 Å². The van der Waals surface area contributed by atoms with E-state index < -0.39 is 6.43 Å². The average Bonchev–Trinajstić information content (AvgIpc) is 2.90. The SMILES string of the molecule is C=CCNC(=NCc1nnc(C)n1C)NC1CCN(CC(F)F)CC1. The molecule has 9 heteroatoms. The molecule has 1 fully saturated rings. The molecule has 2 heterocycles. The summed E-state index contributed by atoms with van der Waals surface area (Å²) in [6, 6.07) is 0.214. The summed E-state index contributed by atoms with van der Waals surface area (Å²) < 4.78 is 26.8. The molecule has 1 aliphatic heterocycles. The Labute approximate surface area is 147 Å². The number of aromatic nitrogens is 3. The van der Waals surface area contributed by atoms with Gasteiger partial charge in [0, 0.05) is 32.7 Å². The maximum Gasteiger partial charge on any atom is 0.251 e. The number of piperidine rings is 1. The molecule has 7 nitrogen and oxygen atoms in total. The molecule has 0 saturated carbocycles. The van der Waals surface area contributed by atoms with Crippen LogP contribution in [-0.4, -0.2) is 64.3 Å². The van der Waals surface area contributed by atoms with Gasteiger partial charge in [-0.05, 0) is 19.8 Å². The van der Waals surface area contributed by atoms with Crippen molar-refractivity contribution in [2.45, 2.75) is 38.8 Å². The molecule has 1 aliphatic rings. The standard InChI is InChI=1S/C16H27F2N7/c1-4-7-19-16(20-10-15-23-22-12(2)24(15)3)21-13-5-8-25(9-6-13)11-14(17)18/h4,13-14H,1,5-11H2,2-3H3,(H2,19,20,21). The smallest absolute Gasteiger partial charge is 0.251 e. The number of guanidine groups is 1. The molecule has 140 valence electrons. The highest BCUT2D eigenvalue weighted by molar-refractivity contribution is 5.80. The van der Waals surface area contributed by atoms with Gasteiger partial charge in [-0.1, -0.05) is 6.08 Å². The molecular weight excluding hydrogens is 328 g/mol. The quantitative estimate of drug-likeness (QED) is 0.435. The normalized spacial score (nSPS) is 17.1. The summed E-state index contributed by atoms with van der Waals surface area (Å²) >= 11 is 0. The van der Waals surface area contributed by atoms with Crippen LogP contribution in [0.15, 0.2) is 17.6 Å². The van der Waals surface area contributed by atoms with Crippen molar-refractivity contribution in [3.63, 3.8) is 0 Å². The maximum atomic E-state index is 12.5. The minimum atomic E-state index is -2.27. The summed E-state index contributed by atoms with van der Waals surface area (Å²) in [7, 11) is 1.91. The second-order valence-corrected chi connectivity index (χ2v) is 6.17. The van der Waals surface area contributed by atoms with E-state index in [-0.39, 0.29) is 12.6 Å². The van der Waals surface area contributed by atoms with E-state index in [0.29, 0.717) is 32.1 Å². The number of alkyl halides is 2. The van der Waals surface area contributed by atoms with Crippen molar-refractivity contribution in [2.24, 2.45) is 12.0 Å². The zero-order valence-corrected chi connectivity index (χ0v) is 14.9. The van der Waals surface area contributed by atoms with Gasteiger partial charge in [-0.25, -0.2) is 13.8 Å². The highest BCUT2D eigenvalue weighted by atomic mass is 19.3. The number of hydrogen-bond acceptors (Lipinski definition) is 4. The molecule has 0 unspecified atom stereocenters. The zero-order chi connectivity index (χ0) is 18.2. The molecule has 0 atom stereocenters. The van der Waals surface area contributed by atoms with Gasteiger partial charge in [-0.3, -0.25) is 4.90 Å². The molecular formula is C16H27F2N7. The Morgan fingerprint density at radius 2 is 2.12 bits per heavy atom. The van der Waals surface area contributed by atoms with E-state index in [0.717, 1.165) is 24.5 Å². The number of halogens is 2. The predicted molar refractivity (Wildman–Crippen MR) is 93.7 cm³/mol. The lowest BCUT2D eigenvalue weighted by atomic mass is 10.1. The fourth-order valence-corrected chi connectivity index (χ4v) is 2.71. The van der Waals surface area contributed by atoms with Crippen LogP contribution in [0.25, 0.3) is 0 Å². The third kappa shape index (κ3) is 6.08. The Balaban J connectivity index is 1.90. The number of nitrogens with zero attached hydrogens (tertiary/aromatic N) is 5. The van der Waals surface area contributed by atoms with Crippen molar-refractivity contribution in [1.29, 1.82) is 0 Å². The van der Waals surface area contributed by atoms with Gasteiger partial charge in [-0.2, -0.15) is 0 Å². The molecule has 2 N–H and O–H groups in total. The predicted octanol–water partition coefficient (Wildman–Crippen LogP) is 1.07. The number of aryl methyl sites for hydroxylation is 1. The Morgan fingerprint density at radius 1 is 1.40 bits per heavy atom. The summed E-state index contributed by atoms with van der Waals surface area (Å²) in [5, 5.41) is 14.7. The number of aliphatic imine (C=N–C) groups is 1. The minimum Gasteiger partial charge on any atom is -0.354 e. The molecule has 2 rings (SSSR count). The first-order valence-corrected chi connectivity index (χ1v) is 8.50. The lowest BCUT2D eigenvalue weighted by Crippen LogP contribution is -2.49. The van der Waals surface area contributed by atoms with Gasteiger partial charge < -0.3 is 15.2 Å². The van der Waals surface area contributed by atoms with Gasteiger partial charge in [0.1, 0.15) is 12.4 Å². The summed E-state index contributed by atoms with van der Waals surface area (Å²) in [6.07, 6.45) is 1.11. The minimum absolute atomic E-state index is 0.145. The topological polar surface area (TPSA) is 70.4 Å². The highest BCUT2D eigenvalue weighted by Gasteiger charge is 2.22. The molecule has 0 radical (unpaired) electrons. The van der Waals surface area contributed by atoms with E-state index >= 15 is 0 Å². The van der Waals surface area contributed by atoms with Crippen LogP contribution in [0.5, 0.6) is 0 Å². The lowest BCUT2D eigenvalue weighted by molar-refractivity contribution is 0.0744. The van der Waals surface area contributed by atoms with Crippen LogP contribution in [-0.2, 0) is 13.6 Å². The molecule has 0 aliphatic carbocycles. The van der Waals surface area contributed by atoms with Crippen molar-refractivity contribution in [1.82, 2.24) is 30.3 Å². The van der Waals surface area contributed by atoms with E-state index in [2.05, 4.69) is 32.4 Å². The summed E-state index contributed by atoms with van der Waals surface area (Å²) in [5.74, 6) is 2.29. The number of likely N-dealkylation sites (tertiary alicyclic amines) is 1. The molecule has 0 spiro atoms. The second kappa shape index (κ2) is 9.45. The third-order valence-corrected chi connectivity index (χ3v) is 4.30. The van der Waals surface area contributed by atoms with Crippen LogP contribution in [0.3, 0.4) is 0 Å². The van der Waals surface area contributed by atoms with E-state index in [4.69, 9.17) is 0 Å². The Kier molecular flexibility index (Phi) is 7.30. The van der Waals surface area contributed by atoms with Crippen LogP contribution in [0.4, 0.5) is 8.78 Å².